The number of furan rings is 2. The van der Waals surface area contributed by atoms with E-state index in [0.29, 0.717) is 0 Å². The van der Waals surface area contributed by atoms with Gasteiger partial charge in [0.05, 0.1) is 5.39 Å². The fourth-order valence-electron chi connectivity index (χ4n) is 8.40. The zero-order valence-electron chi connectivity index (χ0n) is 27.2. The summed E-state index contributed by atoms with van der Waals surface area (Å²) in [6.07, 6.45) is 6.41. The second kappa shape index (κ2) is 10.6. The van der Waals surface area contributed by atoms with Gasteiger partial charge in [0.15, 0.2) is 0 Å². The van der Waals surface area contributed by atoms with Gasteiger partial charge < -0.3 is 8.83 Å². The first-order chi connectivity index (χ1) is 24.8. The van der Waals surface area contributed by atoms with Crippen molar-refractivity contribution in [2.75, 3.05) is 0 Å². The second-order valence-corrected chi connectivity index (χ2v) is 13.5. The number of allylic oxidation sites excluding steroid dienone is 1. The molecule has 2 aromatic heterocycles. The number of hydrogen-bond acceptors (Lipinski definition) is 2. The first-order valence-electron chi connectivity index (χ1n) is 17.4. The first-order valence-corrected chi connectivity index (χ1v) is 17.4. The lowest BCUT2D eigenvalue weighted by Gasteiger charge is -2.18. The van der Waals surface area contributed by atoms with E-state index in [-0.39, 0.29) is 0 Å². The van der Waals surface area contributed by atoms with E-state index >= 15 is 0 Å². The first kappa shape index (κ1) is 27.6. The molecular formula is C48H30O2. The van der Waals surface area contributed by atoms with Gasteiger partial charge in [-0.05, 0) is 79.2 Å². The molecule has 0 bridgehead atoms. The van der Waals surface area contributed by atoms with Crippen molar-refractivity contribution < 1.29 is 8.83 Å². The largest absolute Gasteiger partial charge is 0.460 e. The van der Waals surface area contributed by atoms with Crippen LogP contribution in [0.5, 0.6) is 0 Å². The minimum absolute atomic E-state index is 0.872. The summed E-state index contributed by atoms with van der Waals surface area (Å²) in [4.78, 5) is 0. The van der Waals surface area contributed by atoms with Gasteiger partial charge in [-0.2, -0.15) is 0 Å². The summed E-state index contributed by atoms with van der Waals surface area (Å²) in [5.41, 5.74) is 11.0. The van der Waals surface area contributed by atoms with Gasteiger partial charge in [0.1, 0.15) is 22.5 Å². The summed E-state index contributed by atoms with van der Waals surface area (Å²) in [5, 5.41) is 10.6. The van der Waals surface area contributed by atoms with Crippen LogP contribution in [0.25, 0.3) is 105 Å². The van der Waals surface area contributed by atoms with Crippen molar-refractivity contribution in [1.29, 1.82) is 0 Å². The van der Waals surface area contributed by atoms with Crippen LogP contribution in [-0.2, 0) is 6.42 Å². The molecule has 0 radical (unpaired) electrons. The molecule has 2 nitrogen and oxygen atoms in total. The maximum atomic E-state index is 6.79. The standard InChI is InChI=1S/C48H30O2/c1-2-12-32-27-33(26-23-29(32)11-1)30-21-24-31(25-22-30)44-35-14-3-5-16-37(35)45(38-17-6-4-15-36(38)44)41-28-40-34-13-7-9-19-42(34)49-47(40)46-39-18-8-10-20-43(39)50-48(41)46/h1-8,10-18,20-28H,9,19H2. The Bertz CT molecular complexity index is 2970. The Morgan fingerprint density at radius 3 is 1.82 bits per heavy atom. The molecule has 2 heteroatoms. The van der Waals surface area contributed by atoms with Crippen molar-refractivity contribution in [3.8, 4) is 33.4 Å². The summed E-state index contributed by atoms with van der Waals surface area (Å²) < 4.78 is 13.5. The molecular weight excluding hydrogens is 609 g/mol. The summed E-state index contributed by atoms with van der Waals surface area (Å²) in [6.45, 7) is 0. The van der Waals surface area contributed by atoms with Crippen molar-refractivity contribution in [3.63, 3.8) is 0 Å². The highest BCUT2D eigenvalue weighted by molar-refractivity contribution is 6.28. The van der Waals surface area contributed by atoms with Gasteiger partial charge in [0, 0.05) is 33.9 Å². The molecule has 0 spiro atoms. The third kappa shape index (κ3) is 3.96. The Hall–Kier alpha value is -6.38. The zero-order chi connectivity index (χ0) is 32.8. The maximum Gasteiger partial charge on any atom is 0.147 e. The second-order valence-electron chi connectivity index (χ2n) is 13.5. The van der Waals surface area contributed by atoms with Crippen molar-refractivity contribution in [2.45, 2.75) is 12.8 Å². The molecule has 1 aliphatic rings. The molecule has 1 aliphatic carbocycles. The molecule has 0 atom stereocenters. The van der Waals surface area contributed by atoms with Crippen LogP contribution >= 0.6 is 0 Å². The van der Waals surface area contributed by atoms with Crippen LogP contribution in [0, 0.1) is 0 Å². The highest BCUT2D eigenvalue weighted by Crippen LogP contribution is 2.49. The normalized spacial score (nSPS) is 13.0. The summed E-state index contributed by atoms with van der Waals surface area (Å²) >= 11 is 0. The number of fused-ring (bicyclic) bond motifs is 10. The lowest BCUT2D eigenvalue weighted by atomic mass is 9.84. The van der Waals surface area contributed by atoms with E-state index in [2.05, 4.69) is 152 Å². The smallest absolute Gasteiger partial charge is 0.147 e. The Morgan fingerprint density at radius 1 is 0.440 bits per heavy atom. The molecule has 50 heavy (non-hydrogen) atoms. The molecule has 0 fully saturated rings. The van der Waals surface area contributed by atoms with Gasteiger partial charge in [-0.3, -0.25) is 0 Å². The Labute approximate surface area is 288 Å². The molecule has 0 unspecified atom stereocenters. The summed E-state index contributed by atoms with van der Waals surface area (Å²) in [7, 11) is 0. The van der Waals surface area contributed by atoms with Crippen LogP contribution in [0.3, 0.4) is 0 Å². The summed E-state index contributed by atoms with van der Waals surface area (Å²) in [5.74, 6) is 1.06. The minimum Gasteiger partial charge on any atom is -0.460 e. The fraction of sp³-hybridized carbons (Fsp3) is 0.0417. The van der Waals surface area contributed by atoms with Gasteiger partial charge in [0.2, 0.25) is 0 Å². The molecule has 0 saturated carbocycles. The highest BCUT2D eigenvalue weighted by atomic mass is 16.3. The number of para-hydroxylation sites is 1. The van der Waals surface area contributed by atoms with Crippen LogP contribution in [0.2, 0.25) is 0 Å². The average Bonchev–Trinajstić information content (AvgIpc) is 3.75. The Balaban J connectivity index is 1.19. The quantitative estimate of drug-likeness (QED) is 0.180. The molecule has 0 aliphatic heterocycles. The highest BCUT2D eigenvalue weighted by Gasteiger charge is 2.26. The van der Waals surface area contributed by atoms with Gasteiger partial charge in [-0.25, -0.2) is 0 Å². The average molecular weight is 639 g/mol. The topological polar surface area (TPSA) is 26.3 Å². The molecule has 11 rings (SSSR count). The van der Waals surface area contributed by atoms with Crippen LogP contribution in [0.4, 0.5) is 0 Å². The monoisotopic (exact) mass is 638 g/mol. The number of rotatable bonds is 3. The Morgan fingerprint density at radius 2 is 1.06 bits per heavy atom. The predicted octanol–water partition coefficient (Wildman–Crippen LogP) is 13.8. The van der Waals surface area contributed by atoms with E-state index in [1.807, 2.05) is 6.07 Å². The number of aryl methyl sites for hydroxylation is 1. The molecule has 0 amide bonds. The molecule has 0 N–H and O–H groups in total. The van der Waals surface area contributed by atoms with Crippen molar-refractivity contribution in [1.82, 2.24) is 0 Å². The molecule has 0 saturated heterocycles. The fourth-order valence-corrected chi connectivity index (χ4v) is 8.40. The molecule has 2 heterocycles. The lowest BCUT2D eigenvalue weighted by molar-refractivity contribution is 0.548. The van der Waals surface area contributed by atoms with E-state index in [1.165, 1.54) is 65.7 Å². The van der Waals surface area contributed by atoms with Crippen LogP contribution in [0.15, 0.2) is 161 Å². The zero-order valence-corrected chi connectivity index (χ0v) is 27.2. The molecule has 8 aromatic carbocycles. The van der Waals surface area contributed by atoms with E-state index in [4.69, 9.17) is 8.83 Å². The number of benzene rings is 8. The van der Waals surface area contributed by atoms with Gasteiger partial charge >= 0.3 is 0 Å². The van der Waals surface area contributed by atoms with Crippen LogP contribution in [0.1, 0.15) is 17.7 Å². The van der Waals surface area contributed by atoms with Crippen LogP contribution in [-0.4, -0.2) is 0 Å². The van der Waals surface area contributed by atoms with Crippen molar-refractivity contribution in [2.24, 2.45) is 0 Å². The predicted molar refractivity (Wildman–Crippen MR) is 210 cm³/mol. The minimum atomic E-state index is 0.872. The molecule has 10 aromatic rings. The van der Waals surface area contributed by atoms with Crippen molar-refractivity contribution >= 4 is 71.3 Å². The maximum absolute atomic E-state index is 6.79. The third-order valence-corrected chi connectivity index (χ3v) is 10.7. The van der Waals surface area contributed by atoms with E-state index in [1.54, 1.807) is 0 Å². The van der Waals surface area contributed by atoms with E-state index in [9.17, 15) is 0 Å². The third-order valence-electron chi connectivity index (χ3n) is 10.7. The summed E-state index contributed by atoms with van der Waals surface area (Å²) in [6, 6.07) is 52.7. The van der Waals surface area contributed by atoms with Crippen molar-refractivity contribution in [3.05, 3.63) is 163 Å². The Kier molecular flexibility index (Phi) is 5.82. The SMILES string of the molecule is C1=Cc2c(oc3c2cc(-c2c4ccccc4c(-c4ccc(-c5ccc6ccccc6c5)cc4)c4ccccc24)c2oc4ccccc4c23)CC1. The van der Waals surface area contributed by atoms with E-state index in [0.717, 1.165) is 57.1 Å². The molecule has 234 valence electrons. The van der Waals surface area contributed by atoms with Crippen LogP contribution < -0.4 is 0 Å². The van der Waals surface area contributed by atoms with Gasteiger partial charge in [-0.15, -0.1) is 0 Å². The van der Waals surface area contributed by atoms with E-state index < -0.39 is 0 Å². The van der Waals surface area contributed by atoms with Gasteiger partial charge in [0.25, 0.3) is 0 Å². The van der Waals surface area contributed by atoms with Gasteiger partial charge in [-0.1, -0.05) is 140 Å². The number of hydrogen-bond donors (Lipinski definition) is 0. The lowest BCUT2D eigenvalue weighted by Crippen LogP contribution is -1.92.